The van der Waals surface area contributed by atoms with E-state index < -0.39 is 17.7 Å². The minimum atomic E-state index is -4.85. The van der Waals surface area contributed by atoms with Gasteiger partial charge >= 0.3 is 6.36 Å². The average Bonchev–Trinajstić information content (AvgIpc) is 1.99. The Morgan fingerprint density at radius 3 is 2.47 bits per heavy atom. The van der Waals surface area contributed by atoms with Gasteiger partial charge in [-0.05, 0) is 6.92 Å². The molecule has 1 aromatic rings. The lowest BCUT2D eigenvalue weighted by Gasteiger charge is -2.13. The van der Waals surface area contributed by atoms with Crippen molar-refractivity contribution in [1.82, 2.24) is 4.98 Å². The Hall–Kier alpha value is -1.66. The molecule has 0 unspecified atom stereocenters. The van der Waals surface area contributed by atoms with Crippen LogP contribution in [0.1, 0.15) is 5.69 Å². The van der Waals surface area contributed by atoms with Crippen LogP contribution in [0.4, 0.5) is 13.2 Å². The van der Waals surface area contributed by atoms with Crippen LogP contribution in [0.5, 0.6) is 11.5 Å². The standard InChI is InChI=1S/C8H8F3NO3/c1-4-7(14-2)5(3-6(13)12-4)15-8(9,10)11/h3H,1-2H3,(H,12,13). The van der Waals surface area contributed by atoms with Crippen LogP contribution in [-0.2, 0) is 0 Å². The number of hydrogen-bond donors (Lipinski definition) is 1. The molecule has 0 saturated heterocycles. The number of hydrogen-bond acceptors (Lipinski definition) is 3. The summed E-state index contributed by atoms with van der Waals surface area (Å²) in [6, 6.07) is 0.680. The van der Waals surface area contributed by atoms with Gasteiger partial charge in [-0.1, -0.05) is 0 Å². The fourth-order valence-corrected chi connectivity index (χ4v) is 1.10. The molecule has 0 saturated carbocycles. The maximum atomic E-state index is 11.9. The van der Waals surface area contributed by atoms with E-state index in [1.807, 2.05) is 0 Å². The Morgan fingerprint density at radius 1 is 1.40 bits per heavy atom. The Kier molecular flexibility index (Phi) is 2.92. The van der Waals surface area contributed by atoms with Crippen LogP contribution < -0.4 is 15.0 Å². The molecule has 0 aromatic carbocycles. The first-order valence-corrected chi connectivity index (χ1v) is 3.87. The molecule has 15 heavy (non-hydrogen) atoms. The van der Waals surface area contributed by atoms with Crippen molar-refractivity contribution in [3.8, 4) is 11.5 Å². The summed E-state index contributed by atoms with van der Waals surface area (Å²) in [4.78, 5) is 13.2. The number of H-pyrrole nitrogens is 1. The van der Waals surface area contributed by atoms with Gasteiger partial charge in [0.2, 0.25) is 0 Å². The summed E-state index contributed by atoms with van der Waals surface area (Å²) in [5.74, 6) is -0.793. The highest BCUT2D eigenvalue weighted by molar-refractivity contribution is 5.42. The second-order valence-corrected chi connectivity index (χ2v) is 2.70. The largest absolute Gasteiger partial charge is 0.573 e. The first kappa shape index (κ1) is 11.4. The Morgan fingerprint density at radius 2 is 2.00 bits per heavy atom. The number of aromatic nitrogens is 1. The first-order valence-electron chi connectivity index (χ1n) is 3.87. The molecule has 1 N–H and O–H groups in total. The third-order valence-corrected chi connectivity index (χ3v) is 1.57. The summed E-state index contributed by atoms with van der Waals surface area (Å²) in [5.41, 5.74) is -0.517. The minimum Gasteiger partial charge on any atom is -0.491 e. The maximum absolute atomic E-state index is 11.9. The van der Waals surface area contributed by atoms with Crippen LogP contribution in [0.2, 0.25) is 0 Å². The minimum absolute atomic E-state index is 0.146. The van der Waals surface area contributed by atoms with Crippen LogP contribution in [0.3, 0.4) is 0 Å². The lowest BCUT2D eigenvalue weighted by molar-refractivity contribution is -0.275. The van der Waals surface area contributed by atoms with Gasteiger partial charge in [0.1, 0.15) is 0 Å². The highest BCUT2D eigenvalue weighted by Gasteiger charge is 2.33. The number of aromatic amines is 1. The van der Waals surface area contributed by atoms with E-state index in [2.05, 4.69) is 14.5 Å². The molecule has 0 bridgehead atoms. The molecule has 0 aliphatic carbocycles. The normalized spacial score (nSPS) is 11.3. The third-order valence-electron chi connectivity index (χ3n) is 1.57. The average molecular weight is 223 g/mol. The van der Waals surface area contributed by atoms with Crippen molar-refractivity contribution in [1.29, 1.82) is 0 Å². The molecule has 0 aliphatic heterocycles. The number of alkyl halides is 3. The van der Waals surface area contributed by atoms with Gasteiger partial charge in [0, 0.05) is 6.07 Å². The van der Waals surface area contributed by atoms with Gasteiger partial charge in [-0.3, -0.25) is 4.79 Å². The van der Waals surface area contributed by atoms with Gasteiger partial charge in [0.25, 0.3) is 5.56 Å². The van der Waals surface area contributed by atoms with Gasteiger partial charge in [-0.25, -0.2) is 0 Å². The molecule has 0 fully saturated rings. The number of halogens is 3. The highest BCUT2D eigenvalue weighted by Crippen LogP contribution is 2.31. The second kappa shape index (κ2) is 3.84. The molecule has 4 nitrogen and oxygen atoms in total. The van der Waals surface area contributed by atoms with E-state index in [-0.39, 0.29) is 11.4 Å². The number of pyridine rings is 1. The molecule has 84 valence electrons. The van der Waals surface area contributed by atoms with Crippen molar-refractivity contribution in [3.63, 3.8) is 0 Å². The van der Waals surface area contributed by atoms with Crippen molar-refractivity contribution in [2.24, 2.45) is 0 Å². The summed E-state index contributed by atoms with van der Waals surface area (Å²) in [5, 5.41) is 0. The monoisotopic (exact) mass is 223 g/mol. The van der Waals surface area contributed by atoms with Crippen LogP contribution in [0, 0.1) is 6.92 Å². The quantitative estimate of drug-likeness (QED) is 0.828. The van der Waals surface area contributed by atoms with Gasteiger partial charge in [-0.15, -0.1) is 13.2 Å². The van der Waals surface area contributed by atoms with E-state index in [4.69, 9.17) is 0 Å². The van der Waals surface area contributed by atoms with E-state index >= 15 is 0 Å². The highest BCUT2D eigenvalue weighted by atomic mass is 19.4. The van der Waals surface area contributed by atoms with Crippen molar-refractivity contribution >= 4 is 0 Å². The van der Waals surface area contributed by atoms with Gasteiger partial charge in [0.15, 0.2) is 11.5 Å². The van der Waals surface area contributed by atoms with E-state index in [0.29, 0.717) is 6.07 Å². The van der Waals surface area contributed by atoms with E-state index in [9.17, 15) is 18.0 Å². The summed E-state index contributed by atoms with van der Waals surface area (Å²) in [7, 11) is 1.18. The van der Waals surface area contributed by atoms with Crippen molar-refractivity contribution in [2.75, 3.05) is 7.11 Å². The molecule has 0 radical (unpaired) electrons. The fourth-order valence-electron chi connectivity index (χ4n) is 1.10. The summed E-state index contributed by atoms with van der Waals surface area (Å²) < 4.78 is 44.1. The fraction of sp³-hybridized carbons (Fsp3) is 0.375. The predicted octanol–water partition coefficient (Wildman–Crippen LogP) is 1.59. The number of aryl methyl sites for hydroxylation is 1. The third kappa shape index (κ3) is 2.90. The van der Waals surface area contributed by atoms with Gasteiger partial charge in [-0.2, -0.15) is 0 Å². The van der Waals surface area contributed by atoms with E-state index in [0.717, 1.165) is 0 Å². The first-order chi connectivity index (χ1) is 6.83. The van der Waals surface area contributed by atoms with Crippen molar-refractivity contribution < 1.29 is 22.6 Å². The van der Waals surface area contributed by atoms with Crippen LogP contribution in [0.15, 0.2) is 10.9 Å². The lowest BCUT2D eigenvalue weighted by Crippen LogP contribution is -2.20. The Bertz CT molecular complexity index is 411. The second-order valence-electron chi connectivity index (χ2n) is 2.70. The summed E-state index contributed by atoms with van der Waals surface area (Å²) in [6.45, 7) is 1.41. The topological polar surface area (TPSA) is 51.3 Å². The molecule has 1 heterocycles. The molecule has 1 rings (SSSR count). The molecule has 0 aliphatic rings. The molecular weight excluding hydrogens is 215 g/mol. The van der Waals surface area contributed by atoms with Crippen molar-refractivity contribution in [2.45, 2.75) is 13.3 Å². The molecule has 7 heteroatoms. The van der Waals surface area contributed by atoms with Crippen LogP contribution in [-0.4, -0.2) is 18.5 Å². The number of nitrogens with one attached hydrogen (secondary N) is 1. The van der Waals surface area contributed by atoms with E-state index in [1.165, 1.54) is 14.0 Å². The molecule has 0 amide bonds. The smallest absolute Gasteiger partial charge is 0.491 e. The summed E-state index contributed by atoms with van der Waals surface area (Å²) in [6.07, 6.45) is -4.85. The van der Waals surface area contributed by atoms with Crippen molar-refractivity contribution in [3.05, 3.63) is 22.1 Å². The van der Waals surface area contributed by atoms with Crippen LogP contribution >= 0.6 is 0 Å². The number of rotatable bonds is 2. The van der Waals surface area contributed by atoms with Crippen LogP contribution in [0.25, 0.3) is 0 Å². The van der Waals surface area contributed by atoms with E-state index in [1.54, 1.807) is 0 Å². The number of methoxy groups -OCH3 is 1. The predicted molar refractivity (Wildman–Crippen MR) is 45.0 cm³/mol. The SMILES string of the molecule is COc1c(OC(F)(F)F)cc(=O)[nH]c1C. The molecule has 0 spiro atoms. The Labute approximate surface area is 82.6 Å². The van der Waals surface area contributed by atoms with Gasteiger partial charge in [0.05, 0.1) is 12.8 Å². The molecule has 1 aromatic heterocycles. The maximum Gasteiger partial charge on any atom is 0.573 e. The number of ether oxygens (including phenoxy) is 2. The zero-order valence-electron chi connectivity index (χ0n) is 7.94. The zero-order chi connectivity index (χ0) is 11.6. The Balaban J connectivity index is 3.21. The van der Waals surface area contributed by atoms with Gasteiger partial charge < -0.3 is 14.5 Å². The molecule has 0 atom stereocenters. The molecular formula is C8H8F3NO3. The zero-order valence-corrected chi connectivity index (χ0v) is 7.94. The summed E-state index contributed by atoms with van der Waals surface area (Å²) >= 11 is 0. The lowest BCUT2D eigenvalue weighted by atomic mass is 10.3.